The molecule has 8 heteroatoms. The summed E-state index contributed by atoms with van der Waals surface area (Å²) in [6.07, 6.45) is 8.73. The fourth-order valence-electron chi connectivity index (χ4n) is 5.85. The van der Waals surface area contributed by atoms with E-state index in [0.29, 0.717) is 31.4 Å². The van der Waals surface area contributed by atoms with Crippen LogP contribution in [0.1, 0.15) is 77.3 Å². The molecule has 2 aliphatic rings. The lowest BCUT2D eigenvalue weighted by atomic mass is 9.91. The third-order valence-corrected chi connectivity index (χ3v) is 9.11. The first-order chi connectivity index (χ1) is 20.3. The molecule has 42 heavy (non-hydrogen) atoms. The van der Waals surface area contributed by atoms with Crippen LogP contribution in [0.15, 0.2) is 77.7 Å². The van der Waals surface area contributed by atoms with Gasteiger partial charge in [0.05, 0.1) is 17.2 Å². The van der Waals surface area contributed by atoms with Crippen molar-refractivity contribution in [1.82, 2.24) is 4.98 Å². The smallest absolute Gasteiger partial charge is 0.268 e. The molecule has 6 nitrogen and oxygen atoms in total. The van der Waals surface area contributed by atoms with Crippen molar-refractivity contribution in [2.45, 2.75) is 76.6 Å². The van der Waals surface area contributed by atoms with E-state index in [1.165, 1.54) is 23.0 Å². The summed E-state index contributed by atoms with van der Waals surface area (Å²) >= 11 is 1.43. The van der Waals surface area contributed by atoms with Crippen molar-refractivity contribution in [1.29, 1.82) is 0 Å². The number of amides is 2. The zero-order valence-corrected chi connectivity index (χ0v) is 24.7. The molecule has 1 aliphatic carbocycles. The van der Waals surface area contributed by atoms with Gasteiger partial charge in [0.2, 0.25) is 5.91 Å². The molecule has 0 bridgehead atoms. The van der Waals surface area contributed by atoms with Crippen LogP contribution in [0, 0.1) is 5.92 Å². The molecular formula is C34H38FN3O3S. The van der Waals surface area contributed by atoms with Gasteiger partial charge in [0.1, 0.15) is 11.9 Å². The average molecular weight is 588 g/mol. The maximum Gasteiger partial charge on any atom is 0.268 e. The fourth-order valence-corrected chi connectivity index (χ4v) is 6.64. The summed E-state index contributed by atoms with van der Waals surface area (Å²) < 4.78 is 13.5. The number of aliphatic hydroxyl groups excluding tert-OH is 1. The Labute approximate surface area is 250 Å². The standard InChI is InChI=1S/C34H38FN3O3S/c1-2-3-22-4-9-24(10-5-22)30-20-26(13-18-31(39)25-11-14-27(35)15-12-25)34(41)38(30)28-16-6-23(7-17-28)8-19-32-37-29(21-42-32)33(36)40/h4-7,9-12,14,16-17,21,26-27,30-31,39H,2-3,8,13,15,18-20H2,1H3,(H2,36,40). The molecule has 2 aromatic carbocycles. The van der Waals surface area contributed by atoms with E-state index in [0.717, 1.165) is 46.7 Å². The molecule has 2 amide bonds. The number of aromatic nitrogens is 1. The van der Waals surface area contributed by atoms with Crippen molar-refractivity contribution < 1.29 is 19.1 Å². The van der Waals surface area contributed by atoms with Crippen molar-refractivity contribution in [3.05, 3.63) is 105 Å². The SMILES string of the molecule is CCCc1ccc(C2CC(CCC(O)C3=CCC(F)C=C3)C(=O)N2c2ccc(CCc3nc(C(N)=O)cs3)cc2)cc1. The average Bonchev–Trinajstić information content (AvgIpc) is 3.61. The van der Waals surface area contributed by atoms with E-state index in [1.54, 1.807) is 17.5 Å². The quantitative estimate of drug-likeness (QED) is 0.255. The van der Waals surface area contributed by atoms with Gasteiger partial charge < -0.3 is 15.7 Å². The molecule has 0 radical (unpaired) electrons. The zero-order valence-electron chi connectivity index (χ0n) is 23.9. The molecule has 3 N–H and O–H groups in total. The summed E-state index contributed by atoms with van der Waals surface area (Å²) in [4.78, 5) is 31.4. The van der Waals surface area contributed by atoms with E-state index >= 15 is 0 Å². The Hall–Kier alpha value is -3.62. The summed E-state index contributed by atoms with van der Waals surface area (Å²) in [6.45, 7) is 2.16. The zero-order chi connectivity index (χ0) is 29.6. The summed E-state index contributed by atoms with van der Waals surface area (Å²) in [5.41, 5.74) is 10.7. The molecule has 220 valence electrons. The van der Waals surface area contributed by atoms with Crippen LogP contribution < -0.4 is 10.6 Å². The minimum Gasteiger partial charge on any atom is -0.388 e. The highest BCUT2D eigenvalue weighted by Gasteiger charge is 2.41. The predicted molar refractivity (Wildman–Crippen MR) is 165 cm³/mol. The highest BCUT2D eigenvalue weighted by Crippen LogP contribution is 2.42. The second-order valence-corrected chi connectivity index (χ2v) is 12.2. The lowest BCUT2D eigenvalue weighted by Crippen LogP contribution is -2.29. The Morgan fingerprint density at radius 3 is 2.48 bits per heavy atom. The van der Waals surface area contributed by atoms with E-state index in [1.807, 2.05) is 29.2 Å². The van der Waals surface area contributed by atoms with Crippen LogP contribution in [-0.4, -0.2) is 34.2 Å². The number of aliphatic hydroxyl groups is 1. The number of anilines is 1. The number of alkyl halides is 1. The van der Waals surface area contributed by atoms with Crippen LogP contribution in [0.3, 0.4) is 0 Å². The fraction of sp³-hybridized carbons (Fsp3) is 0.382. The second kappa shape index (κ2) is 13.6. The summed E-state index contributed by atoms with van der Waals surface area (Å²) in [6, 6.07) is 16.6. The van der Waals surface area contributed by atoms with Gasteiger partial charge in [-0.2, -0.15) is 0 Å². The first kappa shape index (κ1) is 29.9. The van der Waals surface area contributed by atoms with Crippen LogP contribution in [0.25, 0.3) is 0 Å². The molecule has 0 saturated carbocycles. The number of rotatable bonds is 12. The lowest BCUT2D eigenvalue weighted by Gasteiger charge is -2.26. The van der Waals surface area contributed by atoms with Gasteiger partial charge in [-0.05, 0) is 66.5 Å². The Kier molecular flexibility index (Phi) is 9.65. The Bertz CT molecular complexity index is 1450. The van der Waals surface area contributed by atoms with Crippen LogP contribution in [0.4, 0.5) is 10.1 Å². The number of aryl methyl sites for hydroxylation is 3. The Morgan fingerprint density at radius 1 is 1.12 bits per heavy atom. The van der Waals surface area contributed by atoms with E-state index in [4.69, 9.17) is 5.73 Å². The van der Waals surface area contributed by atoms with Crippen LogP contribution in [-0.2, 0) is 24.1 Å². The molecular weight excluding hydrogens is 549 g/mol. The normalized spacial score (nSPS) is 21.0. The van der Waals surface area contributed by atoms with Gasteiger partial charge in [0.15, 0.2) is 0 Å². The molecule has 0 spiro atoms. The third-order valence-electron chi connectivity index (χ3n) is 8.21. The maximum absolute atomic E-state index is 13.9. The van der Waals surface area contributed by atoms with Gasteiger partial charge in [0.25, 0.3) is 5.91 Å². The molecule has 5 rings (SSSR count). The second-order valence-electron chi connectivity index (χ2n) is 11.2. The molecule has 4 unspecified atom stereocenters. The maximum atomic E-state index is 13.9. The number of thiazole rings is 1. The number of allylic oxidation sites excluding steroid dienone is 2. The third kappa shape index (κ3) is 7.05. The number of carbonyl (C=O) groups excluding carboxylic acids is 2. The van der Waals surface area contributed by atoms with Gasteiger partial charge in [-0.25, -0.2) is 9.37 Å². The summed E-state index contributed by atoms with van der Waals surface area (Å²) in [5, 5.41) is 13.3. The van der Waals surface area contributed by atoms with Crippen molar-refractivity contribution in [3.8, 4) is 0 Å². The van der Waals surface area contributed by atoms with Crippen molar-refractivity contribution in [2.24, 2.45) is 11.7 Å². The number of primary amides is 1. The topological polar surface area (TPSA) is 96.5 Å². The first-order valence-corrected chi connectivity index (χ1v) is 15.7. The number of hydrogen-bond acceptors (Lipinski definition) is 5. The number of hydrogen-bond donors (Lipinski definition) is 2. The first-order valence-electron chi connectivity index (χ1n) is 14.8. The highest BCUT2D eigenvalue weighted by molar-refractivity contribution is 7.09. The minimum absolute atomic E-state index is 0.0661. The van der Waals surface area contributed by atoms with E-state index in [9.17, 15) is 19.1 Å². The molecule has 1 saturated heterocycles. The van der Waals surface area contributed by atoms with Crippen LogP contribution in [0.5, 0.6) is 0 Å². The monoisotopic (exact) mass is 587 g/mol. The molecule has 1 fully saturated rings. The van der Waals surface area contributed by atoms with Crippen LogP contribution in [0.2, 0.25) is 0 Å². The van der Waals surface area contributed by atoms with Gasteiger partial charge in [-0.1, -0.05) is 68.0 Å². The molecule has 1 aliphatic heterocycles. The van der Waals surface area contributed by atoms with Gasteiger partial charge >= 0.3 is 0 Å². The molecule has 1 aromatic heterocycles. The Morgan fingerprint density at radius 2 is 1.83 bits per heavy atom. The lowest BCUT2D eigenvalue weighted by molar-refractivity contribution is -0.120. The Balaban J connectivity index is 1.30. The number of carbonyl (C=O) groups is 2. The summed E-state index contributed by atoms with van der Waals surface area (Å²) in [7, 11) is 0. The van der Waals surface area contributed by atoms with Crippen molar-refractivity contribution in [2.75, 3.05) is 4.90 Å². The molecule has 4 atom stereocenters. The highest BCUT2D eigenvalue weighted by atomic mass is 32.1. The minimum atomic E-state index is -0.996. The number of halogens is 1. The molecule has 3 aromatic rings. The number of benzene rings is 2. The van der Waals surface area contributed by atoms with Gasteiger partial charge in [0, 0.05) is 29.8 Å². The predicted octanol–water partition coefficient (Wildman–Crippen LogP) is 6.44. The van der Waals surface area contributed by atoms with Gasteiger partial charge in [-0.3, -0.25) is 9.59 Å². The van der Waals surface area contributed by atoms with E-state index in [-0.39, 0.29) is 24.3 Å². The van der Waals surface area contributed by atoms with E-state index in [2.05, 4.69) is 36.2 Å². The largest absolute Gasteiger partial charge is 0.388 e. The van der Waals surface area contributed by atoms with Gasteiger partial charge in [-0.15, -0.1) is 11.3 Å². The van der Waals surface area contributed by atoms with E-state index < -0.39 is 18.2 Å². The van der Waals surface area contributed by atoms with Crippen molar-refractivity contribution in [3.63, 3.8) is 0 Å². The molecule has 2 heterocycles. The number of nitrogens with two attached hydrogens (primary N) is 1. The van der Waals surface area contributed by atoms with Crippen LogP contribution >= 0.6 is 11.3 Å². The van der Waals surface area contributed by atoms with Crippen molar-refractivity contribution >= 4 is 28.8 Å². The number of nitrogens with zero attached hydrogens (tertiary/aromatic N) is 2. The summed E-state index contributed by atoms with van der Waals surface area (Å²) in [5.74, 6) is -0.667.